The first kappa shape index (κ1) is 12.1. The molecular weight excluding hydrogens is 220 g/mol. The van der Waals surface area contributed by atoms with E-state index in [4.69, 9.17) is 9.47 Å². The molecule has 1 saturated heterocycles. The average molecular weight is 238 g/mol. The molecule has 5 heteroatoms. The third kappa shape index (κ3) is 2.08. The number of hydrogen-bond acceptors (Lipinski definition) is 4. The summed E-state index contributed by atoms with van der Waals surface area (Å²) in [5, 5.41) is 3.21. The Bertz CT molecular complexity index is 416. The molecule has 0 saturated carbocycles. The summed E-state index contributed by atoms with van der Waals surface area (Å²) in [6.45, 7) is 1.70. The van der Waals surface area contributed by atoms with Crippen molar-refractivity contribution in [2.75, 3.05) is 27.3 Å². The molecule has 1 fully saturated rings. The van der Waals surface area contributed by atoms with Crippen molar-refractivity contribution in [2.24, 2.45) is 7.05 Å². The first-order valence-corrected chi connectivity index (χ1v) is 5.61. The Hall–Kier alpha value is -1.33. The van der Waals surface area contributed by atoms with Crippen LogP contribution in [-0.2, 0) is 22.9 Å². The molecule has 0 unspecified atom stereocenters. The van der Waals surface area contributed by atoms with Crippen molar-refractivity contribution in [2.45, 2.75) is 12.0 Å². The van der Waals surface area contributed by atoms with Crippen LogP contribution in [0.4, 0.5) is 0 Å². The van der Waals surface area contributed by atoms with Crippen molar-refractivity contribution in [1.82, 2.24) is 9.88 Å². The molecule has 1 aliphatic rings. The smallest absolute Gasteiger partial charge is 0.354 e. The second-order valence-electron chi connectivity index (χ2n) is 4.43. The lowest BCUT2D eigenvalue weighted by Crippen LogP contribution is -2.62. The summed E-state index contributed by atoms with van der Waals surface area (Å²) in [5.41, 5.74) is 1.52. The van der Waals surface area contributed by atoms with E-state index in [1.807, 2.05) is 17.7 Å². The molecule has 2 heterocycles. The molecule has 0 bridgehead atoms. The summed E-state index contributed by atoms with van der Waals surface area (Å²) in [6.07, 6.45) is 0.796. The van der Waals surface area contributed by atoms with Gasteiger partial charge in [0.05, 0.1) is 12.7 Å². The molecule has 5 nitrogen and oxygen atoms in total. The topological polar surface area (TPSA) is 52.5 Å². The van der Waals surface area contributed by atoms with Gasteiger partial charge < -0.3 is 19.4 Å². The molecule has 0 amide bonds. The summed E-state index contributed by atoms with van der Waals surface area (Å²) in [6, 6.07) is 3.74. The number of carbonyl (C=O) groups is 1. The lowest BCUT2D eigenvalue weighted by Gasteiger charge is -2.41. The molecule has 94 valence electrons. The molecular formula is C12H18N2O3. The second kappa shape index (κ2) is 4.50. The van der Waals surface area contributed by atoms with Gasteiger partial charge in [-0.25, -0.2) is 4.79 Å². The Balaban J connectivity index is 2.17. The van der Waals surface area contributed by atoms with Gasteiger partial charge in [-0.2, -0.15) is 0 Å². The number of carbonyl (C=O) groups excluding carboxylic acids is 1. The first-order chi connectivity index (χ1) is 8.12. The highest BCUT2D eigenvalue weighted by atomic mass is 16.5. The number of esters is 1. The van der Waals surface area contributed by atoms with Crippen molar-refractivity contribution in [3.05, 3.63) is 23.5 Å². The monoisotopic (exact) mass is 238 g/mol. The first-order valence-electron chi connectivity index (χ1n) is 5.61. The van der Waals surface area contributed by atoms with E-state index in [2.05, 4.69) is 5.32 Å². The standard InChI is InChI=1S/C12H18N2O3/c1-14-9(4-5-10(14)11(15)16-2)6-12(17-3)7-13-8-12/h4-5,13H,6-8H2,1-3H3. The van der Waals surface area contributed by atoms with E-state index in [1.54, 1.807) is 13.2 Å². The van der Waals surface area contributed by atoms with Crippen molar-refractivity contribution in [3.8, 4) is 0 Å². The minimum atomic E-state index is -0.308. The van der Waals surface area contributed by atoms with Gasteiger partial charge in [0, 0.05) is 39.4 Å². The zero-order valence-corrected chi connectivity index (χ0v) is 10.4. The van der Waals surface area contributed by atoms with Crippen LogP contribution in [-0.4, -0.2) is 43.4 Å². The highest BCUT2D eigenvalue weighted by Gasteiger charge is 2.37. The van der Waals surface area contributed by atoms with Crippen LogP contribution in [0.15, 0.2) is 12.1 Å². The van der Waals surface area contributed by atoms with Gasteiger partial charge in [0.1, 0.15) is 5.69 Å². The van der Waals surface area contributed by atoms with Gasteiger partial charge in [0.15, 0.2) is 0 Å². The minimum absolute atomic E-state index is 0.125. The summed E-state index contributed by atoms with van der Waals surface area (Å²) in [5.74, 6) is -0.308. The lowest BCUT2D eigenvalue weighted by molar-refractivity contribution is -0.0513. The van der Waals surface area contributed by atoms with Crippen LogP contribution >= 0.6 is 0 Å². The van der Waals surface area contributed by atoms with Crippen molar-refractivity contribution in [1.29, 1.82) is 0 Å². The van der Waals surface area contributed by atoms with Crippen LogP contribution in [0, 0.1) is 0 Å². The normalized spacial score (nSPS) is 17.6. The Morgan fingerprint density at radius 2 is 2.18 bits per heavy atom. The number of methoxy groups -OCH3 is 2. The molecule has 0 radical (unpaired) electrons. The SMILES string of the molecule is COC(=O)c1ccc(CC2(OC)CNC2)n1C. The molecule has 0 spiro atoms. The van der Waals surface area contributed by atoms with Crippen LogP contribution in [0.25, 0.3) is 0 Å². The van der Waals surface area contributed by atoms with Crippen molar-refractivity contribution in [3.63, 3.8) is 0 Å². The largest absolute Gasteiger partial charge is 0.464 e. The van der Waals surface area contributed by atoms with Gasteiger partial charge >= 0.3 is 5.97 Å². The number of hydrogen-bond donors (Lipinski definition) is 1. The van der Waals surface area contributed by atoms with Gasteiger partial charge in [0.25, 0.3) is 0 Å². The van der Waals surface area contributed by atoms with Crippen LogP contribution in [0.2, 0.25) is 0 Å². The van der Waals surface area contributed by atoms with Crippen LogP contribution in [0.3, 0.4) is 0 Å². The van der Waals surface area contributed by atoms with E-state index in [0.29, 0.717) is 5.69 Å². The maximum Gasteiger partial charge on any atom is 0.354 e. The van der Waals surface area contributed by atoms with E-state index < -0.39 is 0 Å². The average Bonchev–Trinajstić information content (AvgIpc) is 2.64. The highest BCUT2D eigenvalue weighted by molar-refractivity contribution is 5.87. The van der Waals surface area contributed by atoms with Crippen LogP contribution in [0.1, 0.15) is 16.2 Å². The number of ether oxygens (including phenoxy) is 2. The van der Waals surface area contributed by atoms with E-state index in [1.165, 1.54) is 7.11 Å². The summed E-state index contributed by atoms with van der Waals surface area (Å²) in [4.78, 5) is 11.5. The highest BCUT2D eigenvalue weighted by Crippen LogP contribution is 2.22. The maximum absolute atomic E-state index is 11.5. The molecule has 0 aliphatic carbocycles. The Labute approximate surface area is 101 Å². The third-order valence-corrected chi connectivity index (χ3v) is 3.45. The third-order valence-electron chi connectivity index (χ3n) is 3.45. The molecule has 1 aromatic heterocycles. The van der Waals surface area contributed by atoms with Crippen molar-refractivity contribution >= 4 is 5.97 Å². The van der Waals surface area contributed by atoms with Gasteiger partial charge in [-0.3, -0.25) is 0 Å². The molecule has 0 aromatic carbocycles. The second-order valence-corrected chi connectivity index (χ2v) is 4.43. The molecule has 1 aromatic rings. The summed E-state index contributed by atoms with van der Waals surface area (Å²) < 4.78 is 12.1. The van der Waals surface area contributed by atoms with Gasteiger partial charge in [-0.1, -0.05) is 0 Å². The Morgan fingerprint density at radius 1 is 1.47 bits per heavy atom. The minimum Gasteiger partial charge on any atom is -0.464 e. The molecule has 17 heavy (non-hydrogen) atoms. The summed E-state index contributed by atoms with van der Waals surface area (Å²) >= 11 is 0. The van der Waals surface area contributed by atoms with E-state index >= 15 is 0 Å². The zero-order chi connectivity index (χ0) is 12.5. The fourth-order valence-corrected chi connectivity index (χ4v) is 2.12. The van der Waals surface area contributed by atoms with Crippen molar-refractivity contribution < 1.29 is 14.3 Å². The van der Waals surface area contributed by atoms with Crippen LogP contribution < -0.4 is 5.32 Å². The van der Waals surface area contributed by atoms with Crippen LogP contribution in [0.5, 0.6) is 0 Å². The molecule has 0 atom stereocenters. The van der Waals surface area contributed by atoms with E-state index in [9.17, 15) is 4.79 Å². The quantitative estimate of drug-likeness (QED) is 0.769. The lowest BCUT2D eigenvalue weighted by atomic mass is 9.91. The number of nitrogens with one attached hydrogen (secondary N) is 1. The summed E-state index contributed by atoms with van der Waals surface area (Å²) in [7, 11) is 4.99. The fraction of sp³-hybridized carbons (Fsp3) is 0.583. The fourth-order valence-electron chi connectivity index (χ4n) is 2.12. The molecule has 1 aliphatic heterocycles. The van der Waals surface area contributed by atoms with Gasteiger partial charge in [-0.15, -0.1) is 0 Å². The van der Waals surface area contributed by atoms with Gasteiger partial charge in [-0.05, 0) is 12.1 Å². The number of nitrogens with zero attached hydrogens (tertiary/aromatic N) is 1. The Kier molecular flexibility index (Phi) is 3.22. The zero-order valence-electron chi connectivity index (χ0n) is 10.4. The number of aromatic nitrogens is 1. The Morgan fingerprint density at radius 3 is 2.65 bits per heavy atom. The van der Waals surface area contributed by atoms with E-state index in [0.717, 1.165) is 25.2 Å². The van der Waals surface area contributed by atoms with Gasteiger partial charge in [0.2, 0.25) is 0 Å². The molecule has 1 N–H and O–H groups in total. The number of rotatable bonds is 4. The maximum atomic E-state index is 11.5. The predicted octanol–water partition coefficient (Wildman–Crippen LogP) is 0.343. The predicted molar refractivity (Wildman–Crippen MR) is 63.1 cm³/mol. The molecule has 2 rings (SSSR count). The van der Waals surface area contributed by atoms with E-state index in [-0.39, 0.29) is 11.6 Å².